The van der Waals surface area contributed by atoms with Crippen LogP contribution in [0.3, 0.4) is 0 Å². The first-order valence-electron chi connectivity index (χ1n) is 7.40. The van der Waals surface area contributed by atoms with Crippen molar-refractivity contribution in [2.75, 3.05) is 17.2 Å². The molecular formula is C15H28N4. The Kier molecular flexibility index (Phi) is 6.06. The third kappa shape index (κ3) is 5.45. The number of rotatable bonds is 8. The van der Waals surface area contributed by atoms with Crippen LogP contribution in [0.5, 0.6) is 0 Å². The zero-order valence-corrected chi connectivity index (χ0v) is 13.0. The summed E-state index contributed by atoms with van der Waals surface area (Å²) in [5, 5.41) is 6.80. The lowest BCUT2D eigenvalue weighted by molar-refractivity contribution is 0.508. The van der Waals surface area contributed by atoms with Crippen LogP contribution in [0, 0.1) is 0 Å². The van der Waals surface area contributed by atoms with Crippen molar-refractivity contribution >= 4 is 11.6 Å². The van der Waals surface area contributed by atoms with Crippen molar-refractivity contribution in [3.8, 4) is 0 Å². The van der Waals surface area contributed by atoms with Crippen molar-refractivity contribution in [2.24, 2.45) is 0 Å². The average Bonchev–Trinajstić information content (AvgIpc) is 2.28. The highest BCUT2D eigenvalue weighted by molar-refractivity contribution is 5.48. The third-order valence-corrected chi connectivity index (χ3v) is 2.95. The quantitative estimate of drug-likeness (QED) is 0.748. The van der Waals surface area contributed by atoms with Gasteiger partial charge in [-0.15, -0.1) is 0 Å². The summed E-state index contributed by atoms with van der Waals surface area (Å²) in [6.45, 7) is 11.7. The molecule has 0 aliphatic rings. The minimum absolute atomic E-state index is 0.0655. The fourth-order valence-electron chi connectivity index (χ4n) is 2.20. The van der Waals surface area contributed by atoms with E-state index in [0.717, 1.165) is 49.7 Å². The first-order valence-corrected chi connectivity index (χ1v) is 7.40. The lowest BCUT2D eigenvalue weighted by atomic mass is 9.99. The normalized spacial score (nSPS) is 11.4. The van der Waals surface area contributed by atoms with Crippen molar-refractivity contribution < 1.29 is 0 Å². The van der Waals surface area contributed by atoms with Crippen LogP contribution in [-0.2, 0) is 6.42 Å². The molecule has 0 bridgehead atoms. The van der Waals surface area contributed by atoms with Gasteiger partial charge in [-0.2, -0.15) is 0 Å². The molecule has 0 aliphatic carbocycles. The van der Waals surface area contributed by atoms with Crippen molar-refractivity contribution in [3.63, 3.8) is 0 Å². The SMILES string of the molecule is CCCc1nc(NCC)cc(NC(C)(C)CCC)n1. The molecule has 0 aliphatic heterocycles. The van der Waals surface area contributed by atoms with Gasteiger partial charge in [0, 0.05) is 24.6 Å². The van der Waals surface area contributed by atoms with Gasteiger partial charge in [-0.3, -0.25) is 0 Å². The maximum absolute atomic E-state index is 4.61. The Morgan fingerprint density at radius 1 is 1.05 bits per heavy atom. The van der Waals surface area contributed by atoms with Gasteiger partial charge in [0.25, 0.3) is 0 Å². The summed E-state index contributed by atoms with van der Waals surface area (Å²) in [5.41, 5.74) is 0.0655. The topological polar surface area (TPSA) is 49.8 Å². The highest BCUT2D eigenvalue weighted by atomic mass is 15.1. The summed E-state index contributed by atoms with van der Waals surface area (Å²) in [7, 11) is 0. The molecule has 1 aromatic heterocycles. The van der Waals surface area contributed by atoms with Crippen molar-refractivity contribution in [3.05, 3.63) is 11.9 Å². The Morgan fingerprint density at radius 2 is 1.74 bits per heavy atom. The first kappa shape index (κ1) is 15.7. The fraction of sp³-hybridized carbons (Fsp3) is 0.733. The van der Waals surface area contributed by atoms with Gasteiger partial charge in [-0.25, -0.2) is 9.97 Å². The summed E-state index contributed by atoms with van der Waals surface area (Å²) in [6.07, 6.45) is 4.26. The molecule has 0 fully saturated rings. The van der Waals surface area contributed by atoms with E-state index in [-0.39, 0.29) is 5.54 Å². The Balaban J connectivity index is 2.91. The molecule has 0 atom stereocenters. The van der Waals surface area contributed by atoms with E-state index in [9.17, 15) is 0 Å². The smallest absolute Gasteiger partial charge is 0.133 e. The molecule has 4 nitrogen and oxygen atoms in total. The van der Waals surface area contributed by atoms with Gasteiger partial charge >= 0.3 is 0 Å². The number of nitrogens with one attached hydrogen (secondary N) is 2. The maximum Gasteiger partial charge on any atom is 0.133 e. The highest BCUT2D eigenvalue weighted by Gasteiger charge is 2.17. The number of anilines is 2. The summed E-state index contributed by atoms with van der Waals surface area (Å²) < 4.78 is 0. The molecule has 108 valence electrons. The molecule has 1 aromatic rings. The second-order valence-electron chi connectivity index (χ2n) is 5.59. The van der Waals surface area contributed by atoms with Gasteiger partial charge in [0.1, 0.15) is 17.5 Å². The van der Waals surface area contributed by atoms with E-state index in [4.69, 9.17) is 0 Å². The van der Waals surface area contributed by atoms with Crippen LogP contribution in [0.4, 0.5) is 11.6 Å². The molecule has 0 unspecified atom stereocenters. The zero-order valence-electron chi connectivity index (χ0n) is 13.0. The fourth-order valence-corrected chi connectivity index (χ4v) is 2.20. The van der Waals surface area contributed by atoms with E-state index >= 15 is 0 Å². The summed E-state index contributed by atoms with van der Waals surface area (Å²) in [5.74, 6) is 2.75. The van der Waals surface area contributed by atoms with Gasteiger partial charge in [0.2, 0.25) is 0 Å². The first-order chi connectivity index (χ1) is 9.00. The van der Waals surface area contributed by atoms with E-state index in [1.54, 1.807) is 0 Å². The van der Waals surface area contributed by atoms with Gasteiger partial charge in [-0.05, 0) is 33.6 Å². The molecule has 0 radical (unpaired) electrons. The molecule has 0 amide bonds. The number of aryl methyl sites for hydroxylation is 1. The zero-order chi connectivity index (χ0) is 14.3. The average molecular weight is 264 g/mol. The van der Waals surface area contributed by atoms with Crippen LogP contribution in [0.2, 0.25) is 0 Å². The molecule has 19 heavy (non-hydrogen) atoms. The van der Waals surface area contributed by atoms with E-state index in [1.165, 1.54) is 0 Å². The van der Waals surface area contributed by atoms with Crippen molar-refractivity contribution in [1.82, 2.24) is 9.97 Å². The van der Waals surface area contributed by atoms with Crippen LogP contribution in [0.25, 0.3) is 0 Å². The molecule has 0 saturated carbocycles. The minimum Gasteiger partial charge on any atom is -0.370 e. The molecule has 0 aromatic carbocycles. The highest BCUT2D eigenvalue weighted by Crippen LogP contribution is 2.20. The largest absolute Gasteiger partial charge is 0.370 e. The Labute approximate surface area is 117 Å². The Hall–Kier alpha value is -1.32. The summed E-state index contributed by atoms with van der Waals surface area (Å²) >= 11 is 0. The molecule has 0 saturated heterocycles. The Bertz CT molecular complexity index is 363. The molecule has 1 rings (SSSR count). The van der Waals surface area contributed by atoms with Crippen LogP contribution in [0.15, 0.2) is 6.07 Å². The number of hydrogen-bond acceptors (Lipinski definition) is 4. The van der Waals surface area contributed by atoms with Crippen LogP contribution >= 0.6 is 0 Å². The monoisotopic (exact) mass is 264 g/mol. The van der Waals surface area contributed by atoms with Crippen molar-refractivity contribution in [1.29, 1.82) is 0 Å². The van der Waals surface area contributed by atoms with Gasteiger partial charge in [-0.1, -0.05) is 20.3 Å². The molecule has 1 heterocycles. The number of aromatic nitrogens is 2. The Morgan fingerprint density at radius 3 is 2.32 bits per heavy atom. The predicted octanol–water partition coefficient (Wildman–Crippen LogP) is 3.85. The van der Waals surface area contributed by atoms with Gasteiger partial charge < -0.3 is 10.6 Å². The molecule has 0 spiro atoms. The maximum atomic E-state index is 4.61. The second kappa shape index (κ2) is 7.31. The van der Waals surface area contributed by atoms with Crippen LogP contribution < -0.4 is 10.6 Å². The van der Waals surface area contributed by atoms with E-state index in [2.05, 4.69) is 55.2 Å². The summed E-state index contributed by atoms with van der Waals surface area (Å²) in [4.78, 5) is 9.14. The molecule has 4 heteroatoms. The minimum atomic E-state index is 0.0655. The third-order valence-electron chi connectivity index (χ3n) is 2.95. The second-order valence-corrected chi connectivity index (χ2v) is 5.59. The number of hydrogen-bond donors (Lipinski definition) is 2. The van der Waals surface area contributed by atoms with Crippen LogP contribution in [0.1, 0.15) is 59.7 Å². The van der Waals surface area contributed by atoms with Gasteiger partial charge in [0.15, 0.2) is 0 Å². The lowest BCUT2D eigenvalue weighted by Crippen LogP contribution is -2.31. The van der Waals surface area contributed by atoms with E-state index in [0.29, 0.717) is 0 Å². The standard InChI is InChI=1S/C15H28N4/c1-6-9-12-17-13(16-8-3)11-14(18-12)19-15(4,5)10-7-2/h11H,6-10H2,1-5H3,(H2,16,17,18,19). The van der Waals surface area contributed by atoms with Crippen LogP contribution in [-0.4, -0.2) is 22.1 Å². The lowest BCUT2D eigenvalue weighted by Gasteiger charge is -2.26. The van der Waals surface area contributed by atoms with Crippen molar-refractivity contribution in [2.45, 2.75) is 65.8 Å². The number of nitrogens with zero attached hydrogens (tertiary/aromatic N) is 2. The van der Waals surface area contributed by atoms with E-state index < -0.39 is 0 Å². The van der Waals surface area contributed by atoms with Gasteiger partial charge in [0.05, 0.1) is 0 Å². The summed E-state index contributed by atoms with van der Waals surface area (Å²) in [6, 6.07) is 2.00. The molecule has 2 N–H and O–H groups in total. The van der Waals surface area contributed by atoms with E-state index in [1.807, 2.05) is 6.07 Å². The predicted molar refractivity (Wildman–Crippen MR) is 82.8 cm³/mol. The molecular weight excluding hydrogens is 236 g/mol.